The molecule has 0 unspecified atom stereocenters. The molecule has 0 radical (unpaired) electrons. The lowest BCUT2D eigenvalue weighted by Gasteiger charge is -2.37. The summed E-state index contributed by atoms with van der Waals surface area (Å²) in [5, 5.41) is 3.26. The van der Waals surface area contributed by atoms with E-state index in [2.05, 4.69) is 5.32 Å². The number of hydrogen-bond acceptors (Lipinski definition) is 1. The molecule has 1 aromatic carbocycles. The Balaban J connectivity index is 2.14. The Morgan fingerprint density at radius 1 is 1.11 bits per heavy atom. The highest BCUT2D eigenvalue weighted by atomic mass is 19.2. The van der Waals surface area contributed by atoms with Crippen molar-refractivity contribution in [1.29, 1.82) is 0 Å². The first-order chi connectivity index (χ1) is 8.65. The molecular formula is C15H21F2N. The quantitative estimate of drug-likeness (QED) is 0.863. The van der Waals surface area contributed by atoms with Gasteiger partial charge in [0.25, 0.3) is 0 Å². The topological polar surface area (TPSA) is 12.0 Å². The van der Waals surface area contributed by atoms with E-state index in [1.54, 1.807) is 6.07 Å². The molecule has 1 aromatic rings. The number of rotatable bonds is 4. The Kier molecular flexibility index (Phi) is 4.33. The van der Waals surface area contributed by atoms with Crippen LogP contribution in [0.5, 0.6) is 0 Å². The van der Waals surface area contributed by atoms with Gasteiger partial charge in [-0.25, -0.2) is 8.78 Å². The molecule has 3 heteroatoms. The van der Waals surface area contributed by atoms with E-state index in [0.717, 1.165) is 18.5 Å². The van der Waals surface area contributed by atoms with Crippen LogP contribution in [-0.4, -0.2) is 13.6 Å². The Morgan fingerprint density at radius 2 is 1.83 bits per heavy atom. The molecule has 0 heterocycles. The fourth-order valence-electron chi connectivity index (χ4n) is 3.18. The Bertz CT molecular complexity index is 392. The van der Waals surface area contributed by atoms with Gasteiger partial charge in [-0.05, 0) is 49.4 Å². The lowest BCUT2D eigenvalue weighted by Crippen LogP contribution is -2.36. The zero-order valence-corrected chi connectivity index (χ0v) is 10.9. The third-order valence-corrected chi connectivity index (χ3v) is 4.03. The molecule has 2 rings (SSSR count). The predicted octanol–water partition coefficient (Wildman–Crippen LogP) is 3.68. The van der Waals surface area contributed by atoms with Crippen LogP contribution >= 0.6 is 0 Å². The van der Waals surface area contributed by atoms with Crippen molar-refractivity contribution in [2.24, 2.45) is 5.41 Å². The Hall–Kier alpha value is -0.960. The largest absolute Gasteiger partial charge is 0.319 e. The van der Waals surface area contributed by atoms with Gasteiger partial charge in [0.05, 0.1) is 0 Å². The van der Waals surface area contributed by atoms with Gasteiger partial charge in [-0.2, -0.15) is 0 Å². The average molecular weight is 253 g/mol. The summed E-state index contributed by atoms with van der Waals surface area (Å²) in [5.41, 5.74) is 1.13. The molecule has 1 fully saturated rings. The minimum atomic E-state index is -0.759. The van der Waals surface area contributed by atoms with Gasteiger partial charge in [0.2, 0.25) is 0 Å². The van der Waals surface area contributed by atoms with Crippen molar-refractivity contribution >= 4 is 0 Å². The van der Waals surface area contributed by atoms with Crippen LogP contribution in [0.15, 0.2) is 18.2 Å². The summed E-state index contributed by atoms with van der Waals surface area (Å²) in [7, 11) is 1.96. The molecule has 1 saturated carbocycles. The summed E-state index contributed by atoms with van der Waals surface area (Å²) >= 11 is 0. The molecule has 1 aliphatic carbocycles. The van der Waals surface area contributed by atoms with E-state index in [1.807, 2.05) is 7.05 Å². The minimum Gasteiger partial charge on any atom is -0.319 e. The molecule has 1 nitrogen and oxygen atoms in total. The molecule has 0 bridgehead atoms. The Morgan fingerprint density at radius 3 is 2.44 bits per heavy atom. The maximum absolute atomic E-state index is 13.3. The number of hydrogen-bond donors (Lipinski definition) is 1. The van der Waals surface area contributed by atoms with Crippen LogP contribution in [0, 0.1) is 17.0 Å². The second-order valence-electron chi connectivity index (χ2n) is 5.52. The zero-order valence-electron chi connectivity index (χ0n) is 10.9. The van der Waals surface area contributed by atoms with Crippen LogP contribution in [0.2, 0.25) is 0 Å². The highest BCUT2D eigenvalue weighted by Crippen LogP contribution is 2.38. The molecule has 0 saturated heterocycles. The van der Waals surface area contributed by atoms with Crippen LogP contribution in [0.3, 0.4) is 0 Å². The normalized spacial score (nSPS) is 18.8. The van der Waals surface area contributed by atoms with Crippen molar-refractivity contribution in [2.75, 3.05) is 13.6 Å². The van der Waals surface area contributed by atoms with E-state index >= 15 is 0 Å². The van der Waals surface area contributed by atoms with Crippen molar-refractivity contribution in [1.82, 2.24) is 5.32 Å². The van der Waals surface area contributed by atoms with Crippen LogP contribution in [-0.2, 0) is 6.42 Å². The summed E-state index contributed by atoms with van der Waals surface area (Å²) in [6, 6.07) is 4.30. The van der Waals surface area contributed by atoms with Crippen LogP contribution in [0.25, 0.3) is 0 Å². The standard InChI is InChI=1S/C15H21F2N/c1-18-11-15(7-3-2-4-8-15)10-12-5-6-13(16)14(17)9-12/h5-6,9,18H,2-4,7-8,10-11H2,1H3. The molecule has 1 N–H and O–H groups in total. The molecule has 0 amide bonds. The lowest BCUT2D eigenvalue weighted by atomic mass is 9.70. The van der Waals surface area contributed by atoms with Gasteiger partial charge in [-0.3, -0.25) is 0 Å². The highest BCUT2D eigenvalue weighted by Gasteiger charge is 2.31. The van der Waals surface area contributed by atoms with E-state index in [0.29, 0.717) is 0 Å². The van der Waals surface area contributed by atoms with E-state index in [4.69, 9.17) is 0 Å². The summed E-state index contributed by atoms with van der Waals surface area (Å²) in [5.74, 6) is -1.49. The van der Waals surface area contributed by atoms with Crippen molar-refractivity contribution in [3.63, 3.8) is 0 Å². The first-order valence-electron chi connectivity index (χ1n) is 6.74. The lowest BCUT2D eigenvalue weighted by molar-refractivity contribution is 0.184. The van der Waals surface area contributed by atoms with E-state index in [9.17, 15) is 8.78 Å². The molecule has 1 aliphatic rings. The van der Waals surface area contributed by atoms with Gasteiger partial charge in [0, 0.05) is 6.54 Å². The molecule has 0 aliphatic heterocycles. The van der Waals surface area contributed by atoms with Gasteiger partial charge >= 0.3 is 0 Å². The van der Waals surface area contributed by atoms with Gasteiger partial charge in [-0.1, -0.05) is 25.3 Å². The highest BCUT2D eigenvalue weighted by molar-refractivity contribution is 5.19. The summed E-state index contributed by atoms with van der Waals surface area (Å²) in [6.07, 6.45) is 6.96. The second-order valence-corrected chi connectivity index (χ2v) is 5.52. The minimum absolute atomic E-state index is 0.220. The molecule has 18 heavy (non-hydrogen) atoms. The molecule has 0 aromatic heterocycles. The maximum atomic E-state index is 13.3. The van der Waals surface area contributed by atoms with Crippen molar-refractivity contribution in [3.8, 4) is 0 Å². The second kappa shape index (κ2) is 5.79. The Labute approximate surface area is 108 Å². The number of benzene rings is 1. The first kappa shape index (κ1) is 13.5. The maximum Gasteiger partial charge on any atom is 0.159 e. The average Bonchev–Trinajstić information content (AvgIpc) is 2.35. The number of halogens is 2. The van der Waals surface area contributed by atoms with Crippen molar-refractivity contribution in [3.05, 3.63) is 35.4 Å². The first-order valence-corrected chi connectivity index (χ1v) is 6.74. The summed E-state index contributed by atoms with van der Waals surface area (Å²) < 4.78 is 26.2. The number of nitrogens with one attached hydrogen (secondary N) is 1. The van der Waals surface area contributed by atoms with Crippen molar-refractivity contribution < 1.29 is 8.78 Å². The van der Waals surface area contributed by atoms with Gasteiger partial charge < -0.3 is 5.32 Å². The zero-order chi connectivity index (χ0) is 13.0. The van der Waals surface area contributed by atoms with E-state index < -0.39 is 11.6 Å². The summed E-state index contributed by atoms with van der Waals surface area (Å²) in [6.45, 7) is 0.950. The molecular weight excluding hydrogens is 232 g/mol. The van der Waals surface area contributed by atoms with E-state index in [1.165, 1.54) is 44.2 Å². The third-order valence-electron chi connectivity index (χ3n) is 4.03. The van der Waals surface area contributed by atoms with Crippen LogP contribution in [0.1, 0.15) is 37.7 Å². The monoisotopic (exact) mass is 253 g/mol. The SMILES string of the molecule is CNCC1(Cc2ccc(F)c(F)c2)CCCCC1. The van der Waals surface area contributed by atoms with Gasteiger partial charge in [-0.15, -0.1) is 0 Å². The fourth-order valence-corrected chi connectivity index (χ4v) is 3.18. The van der Waals surface area contributed by atoms with E-state index in [-0.39, 0.29) is 5.41 Å². The van der Waals surface area contributed by atoms with Crippen molar-refractivity contribution in [2.45, 2.75) is 38.5 Å². The van der Waals surface area contributed by atoms with Gasteiger partial charge in [0.15, 0.2) is 11.6 Å². The predicted molar refractivity (Wildman–Crippen MR) is 69.5 cm³/mol. The summed E-state index contributed by atoms with van der Waals surface area (Å²) in [4.78, 5) is 0. The molecule has 100 valence electrons. The third kappa shape index (κ3) is 3.08. The van der Waals surface area contributed by atoms with Crippen LogP contribution < -0.4 is 5.32 Å². The van der Waals surface area contributed by atoms with Crippen LogP contribution in [0.4, 0.5) is 8.78 Å². The fraction of sp³-hybridized carbons (Fsp3) is 0.600. The van der Waals surface area contributed by atoms with Gasteiger partial charge in [0.1, 0.15) is 0 Å². The smallest absolute Gasteiger partial charge is 0.159 e. The molecule has 0 atom stereocenters. The molecule has 0 spiro atoms.